The highest BCUT2D eigenvalue weighted by Gasteiger charge is 2.54. The average Bonchev–Trinajstić information content (AvgIpc) is 3.34. The molecule has 0 amide bonds. The van der Waals surface area contributed by atoms with Crippen LogP contribution in [-0.4, -0.2) is 67.0 Å². The number of rotatable bonds is 9. The summed E-state index contributed by atoms with van der Waals surface area (Å²) in [7, 11) is -6.99. The summed E-state index contributed by atoms with van der Waals surface area (Å²) in [4.78, 5) is 13.2. The van der Waals surface area contributed by atoms with Gasteiger partial charge in [-0.2, -0.15) is 0 Å². The van der Waals surface area contributed by atoms with Crippen LogP contribution in [0.1, 0.15) is 89.0 Å². The van der Waals surface area contributed by atoms with E-state index in [4.69, 9.17) is 29.2 Å². The van der Waals surface area contributed by atoms with Gasteiger partial charge in [0.2, 0.25) is 0 Å². The van der Waals surface area contributed by atoms with E-state index in [-0.39, 0.29) is 27.6 Å². The van der Waals surface area contributed by atoms with Gasteiger partial charge in [-0.25, -0.2) is 0 Å². The van der Waals surface area contributed by atoms with Crippen molar-refractivity contribution < 1.29 is 27.5 Å². The minimum Gasteiger partial charge on any atom is -0.410 e. The van der Waals surface area contributed by atoms with Crippen molar-refractivity contribution >= 4 is 31.2 Å². The van der Waals surface area contributed by atoms with Gasteiger partial charge in [0.15, 0.2) is 42.6 Å². The maximum atomic E-state index is 13.2. The van der Waals surface area contributed by atoms with Gasteiger partial charge in [0.25, 0.3) is 0 Å². The Labute approximate surface area is 273 Å². The first-order valence-corrected chi connectivity index (χ1v) is 24.8. The van der Waals surface area contributed by atoms with Crippen LogP contribution in [0.15, 0.2) is 11.6 Å². The number of aldehydes is 1. The number of terminal acetylenes is 1. The van der Waals surface area contributed by atoms with Crippen LogP contribution < -0.4 is 0 Å². The number of ether oxygens (including phenoxy) is 2. The molecule has 1 aliphatic heterocycles. The Morgan fingerprint density at radius 3 is 1.86 bits per heavy atom. The third kappa shape index (κ3) is 8.46. The second-order valence-corrected chi connectivity index (χ2v) is 32.0. The molecule has 1 aliphatic carbocycles. The molecule has 0 N–H and O–H groups in total. The van der Waals surface area contributed by atoms with Crippen molar-refractivity contribution in [2.24, 2.45) is 0 Å². The van der Waals surface area contributed by atoms with Gasteiger partial charge in [0.05, 0.1) is 19.1 Å². The topological polar surface area (TPSA) is 63.2 Å². The molecule has 0 radical (unpaired) electrons. The Morgan fingerprint density at radius 1 is 0.932 bits per heavy atom. The van der Waals surface area contributed by atoms with Crippen LogP contribution in [0.2, 0.25) is 54.4 Å². The van der Waals surface area contributed by atoms with E-state index in [0.717, 1.165) is 6.29 Å². The van der Waals surface area contributed by atoms with E-state index < -0.39 is 48.0 Å². The summed E-state index contributed by atoms with van der Waals surface area (Å²) in [5, 5.41) is -0.208. The Morgan fingerprint density at radius 2 is 1.45 bits per heavy atom. The van der Waals surface area contributed by atoms with Gasteiger partial charge in [-0.05, 0) is 74.3 Å². The summed E-state index contributed by atoms with van der Waals surface area (Å²) in [6, 6.07) is 0. The fourth-order valence-corrected chi connectivity index (χ4v) is 8.82. The molecule has 0 saturated carbocycles. The zero-order chi connectivity index (χ0) is 34.4. The summed E-state index contributed by atoms with van der Waals surface area (Å²) in [6.07, 6.45) is 8.77. The first-order valence-electron chi connectivity index (χ1n) is 16.0. The lowest BCUT2D eigenvalue weighted by molar-refractivity contribution is -0.157. The molecule has 0 bridgehead atoms. The number of carbonyl (C=O) groups excluding carboxylic acids is 1. The molecule has 0 aromatic carbocycles. The fraction of sp³-hybridized carbons (Fsp3) is 0.800. The third-order valence-electron chi connectivity index (χ3n) is 10.5. The molecule has 250 valence electrons. The average molecular weight is 663 g/mol. The van der Waals surface area contributed by atoms with Crippen LogP contribution in [0.4, 0.5) is 0 Å². The highest BCUT2D eigenvalue weighted by Crippen LogP contribution is 2.47. The van der Waals surface area contributed by atoms with Gasteiger partial charge in [-0.1, -0.05) is 74.2 Å². The molecular weight excluding hydrogens is 601 g/mol. The maximum Gasteiger partial charge on any atom is 0.194 e. The molecule has 9 heteroatoms. The molecule has 0 aromatic rings. The summed E-state index contributed by atoms with van der Waals surface area (Å²) < 4.78 is 33.4. The zero-order valence-electron chi connectivity index (χ0n) is 31.0. The lowest BCUT2D eigenvalue weighted by Gasteiger charge is -2.45. The summed E-state index contributed by atoms with van der Waals surface area (Å²) in [5.41, 5.74) is -1.76. The van der Waals surface area contributed by atoms with Gasteiger partial charge < -0.3 is 22.8 Å². The third-order valence-corrected chi connectivity index (χ3v) is 24.0. The fourth-order valence-electron chi connectivity index (χ4n) is 4.63. The molecule has 2 aliphatic rings. The molecule has 0 unspecified atom stereocenters. The molecule has 1 saturated heterocycles. The minimum absolute atomic E-state index is 0.00493. The first-order chi connectivity index (χ1) is 19.5. The van der Waals surface area contributed by atoms with Crippen molar-refractivity contribution in [3.8, 4) is 24.2 Å². The van der Waals surface area contributed by atoms with Crippen molar-refractivity contribution in [3.05, 3.63) is 11.6 Å². The summed E-state index contributed by atoms with van der Waals surface area (Å²) >= 11 is 0. The SMILES string of the molecule is C#CC[C@](C#CC1=C[C@@H](O[Si](C)(C)C(C)(C)C)C[C@@]1(C=O)O[Si](C)(C)C(C)(C)C)(O[Si](C)(C)C(C)(C)C)[C@H]1COC(C)(C)O1. The molecule has 0 spiro atoms. The van der Waals surface area contributed by atoms with Crippen molar-refractivity contribution in [1.82, 2.24) is 0 Å². The van der Waals surface area contributed by atoms with Gasteiger partial charge in [0, 0.05) is 12.0 Å². The molecule has 0 aromatic heterocycles. The molecular formula is C35H62O6Si3. The lowest BCUT2D eigenvalue weighted by atomic mass is 9.91. The van der Waals surface area contributed by atoms with Crippen molar-refractivity contribution in [1.29, 1.82) is 0 Å². The summed E-state index contributed by atoms with van der Waals surface area (Å²) in [6.45, 7) is 37.0. The van der Waals surface area contributed by atoms with E-state index in [9.17, 15) is 4.79 Å². The van der Waals surface area contributed by atoms with E-state index in [0.29, 0.717) is 18.6 Å². The first kappa shape index (κ1) is 39.2. The molecule has 4 atom stereocenters. The second-order valence-electron chi connectivity index (χ2n) is 17.8. The van der Waals surface area contributed by atoms with Crippen molar-refractivity contribution in [3.63, 3.8) is 0 Å². The number of hydrogen-bond acceptors (Lipinski definition) is 6. The van der Waals surface area contributed by atoms with E-state index >= 15 is 0 Å². The monoisotopic (exact) mass is 662 g/mol. The van der Waals surface area contributed by atoms with Crippen LogP contribution in [0, 0.1) is 24.2 Å². The van der Waals surface area contributed by atoms with E-state index in [2.05, 4.69) is 119 Å². The van der Waals surface area contributed by atoms with E-state index in [1.54, 1.807) is 0 Å². The van der Waals surface area contributed by atoms with E-state index in [1.807, 2.05) is 19.9 Å². The second kappa shape index (κ2) is 12.5. The van der Waals surface area contributed by atoms with E-state index in [1.165, 1.54) is 0 Å². The smallest absolute Gasteiger partial charge is 0.194 e. The Balaban J connectivity index is 2.81. The minimum atomic E-state index is -2.41. The Bertz CT molecular complexity index is 1200. The van der Waals surface area contributed by atoms with Gasteiger partial charge >= 0.3 is 0 Å². The predicted octanol–water partition coefficient (Wildman–Crippen LogP) is 8.61. The highest BCUT2D eigenvalue weighted by molar-refractivity contribution is 6.75. The zero-order valence-corrected chi connectivity index (χ0v) is 34.0. The van der Waals surface area contributed by atoms with Crippen LogP contribution in [0.5, 0.6) is 0 Å². The molecule has 1 fully saturated rings. The largest absolute Gasteiger partial charge is 0.410 e. The Kier molecular flexibility index (Phi) is 11.2. The molecule has 1 heterocycles. The number of hydrogen-bond donors (Lipinski definition) is 0. The normalized spacial score (nSPS) is 26.3. The quantitative estimate of drug-likeness (QED) is 0.140. The standard InChI is InChI=1S/C35H62O6Si3/c1-19-21-34(29-25-37-33(11,12)38-29,40-43(15,16)31(5,6)7)22-20-27-23-28(39-42(13,14)30(2,3)4)24-35(27,26-36)41-44(17,18)32(8,9)10/h1,23,26,28-29H,21,24-25H2,2-18H3/t28-,29-,34-,35+/m1/s1. The van der Waals surface area contributed by atoms with Crippen LogP contribution >= 0.6 is 0 Å². The lowest BCUT2D eigenvalue weighted by Crippen LogP contribution is -2.55. The van der Waals surface area contributed by atoms with Gasteiger partial charge in [-0.15, -0.1) is 12.3 Å². The van der Waals surface area contributed by atoms with Crippen molar-refractivity contribution in [2.45, 2.75) is 173 Å². The highest BCUT2D eigenvalue weighted by atomic mass is 28.4. The van der Waals surface area contributed by atoms with Crippen molar-refractivity contribution in [2.75, 3.05) is 6.61 Å². The van der Waals surface area contributed by atoms with Gasteiger partial charge in [-0.3, -0.25) is 4.79 Å². The molecule has 2 rings (SSSR count). The summed E-state index contributed by atoms with van der Waals surface area (Å²) in [5.74, 6) is 8.97. The molecule has 44 heavy (non-hydrogen) atoms. The maximum absolute atomic E-state index is 13.2. The van der Waals surface area contributed by atoms with Crippen LogP contribution in [0.25, 0.3) is 0 Å². The van der Waals surface area contributed by atoms with Crippen LogP contribution in [0.3, 0.4) is 0 Å². The Hall–Kier alpha value is -1.02. The van der Waals surface area contributed by atoms with Gasteiger partial charge in [0.1, 0.15) is 11.7 Å². The van der Waals surface area contributed by atoms with Crippen LogP contribution in [-0.2, 0) is 27.5 Å². The predicted molar refractivity (Wildman–Crippen MR) is 189 cm³/mol. The number of carbonyl (C=O) groups is 1. The molecule has 6 nitrogen and oxygen atoms in total.